The Morgan fingerprint density at radius 3 is 2.44 bits per heavy atom. The van der Waals surface area contributed by atoms with E-state index in [2.05, 4.69) is 5.32 Å². The predicted molar refractivity (Wildman–Crippen MR) is 100 cm³/mol. The molecule has 1 N–H and O–H groups in total. The molecule has 1 amide bonds. The topological polar surface area (TPSA) is 55.4 Å². The van der Waals surface area contributed by atoms with E-state index in [4.69, 9.17) is 27.9 Å². The fraction of sp³-hybridized carbons (Fsp3) is 0.263. The van der Waals surface area contributed by atoms with Gasteiger partial charge in [-0.2, -0.15) is 0 Å². The van der Waals surface area contributed by atoms with Gasteiger partial charge in [-0.1, -0.05) is 66.5 Å². The smallest absolute Gasteiger partial charge is 0.313 e. The first-order valence-corrected chi connectivity index (χ1v) is 8.65. The lowest BCUT2D eigenvalue weighted by atomic mass is 9.97. The van der Waals surface area contributed by atoms with Crippen LogP contribution >= 0.6 is 23.2 Å². The van der Waals surface area contributed by atoms with Gasteiger partial charge in [0.05, 0.1) is 21.7 Å². The van der Waals surface area contributed by atoms with E-state index >= 15 is 0 Å². The normalized spacial score (nSPS) is 11.7. The van der Waals surface area contributed by atoms with Crippen LogP contribution in [0.2, 0.25) is 10.0 Å². The zero-order chi connectivity index (χ0) is 18.4. The molecule has 0 aliphatic heterocycles. The first-order valence-electron chi connectivity index (χ1n) is 7.90. The number of carbonyl (C=O) groups excluding carboxylic acids is 2. The van der Waals surface area contributed by atoms with Crippen molar-refractivity contribution in [1.29, 1.82) is 0 Å². The third-order valence-electron chi connectivity index (χ3n) is 3.79. The second-order valence-electron chi connectivity index (χ2n) is 5.58. The Labute approximate surface area is 157 Å². The zero-order valence-electron chi connectivity index (χ0n) is 14.0. The lowest BCUT2D eigenvalue weighted by Gasteiger charge is -2.15. The van der Waals surface area contributed by atoms with Crippen LogP contribution in [0.4, 0.5) is 5.69 Å². The van der Waals surface area contributed by atoms with Gasteiger partial charge in [-0.3, -0.25) is 9.59 Å². The van der Waals surface area contributed by atoms with E-state index in [0.29, 0.717) is 22.2 Å². The van der Waals surface area contributed by atoms with Gasteiger partial charge in [0.25, 0.3) is 5.91 Å². The summed E-state index contributed by atoms with van der Waals surface area (Å²) in [6, 6.07) is 12.7. The van der Waals surface area contributed by atoms with Crippen LogP contribution in [0.15, 0.2) is 42.5 Å². The standard InChI is InChI=1S/C19H19Cl2NO3/c1-3-14(13-7-5-4-6-8-13)19(24)25-11-16(23)22-18-15(20)10-9-12(2)17(18)21/h4-10,14H,3,11H2,1-2H3,(H,22,23)/t14-/m0/s1. The Morgan fingerprint density at radius 2 is 1.80 bits per heavy atom. The maximum absolute atomic E-state index is 12.3. The first-order chi connectivity index (χ1) is 11.9. The van der Waals surface area contributed by atoms with Gasteiger partial charge >= 0.3 is 5.97 Å². The summed E-state index contributed by atoms with van der Waals surface area (Å²) < 4.78 is 5.16. The van der Waals surface area contributed by atoms with Gasteiger partial charge in [0, 0.05) is 0 Å². The van der Waals surface area contributed by atoms with Gasteiger partial charge in [0.15, 0.2) is 6.61 Å². The zero-order valence-corrected chi connectivity index (χ0v) is 15.5. The summed E-state index contributed by atoms with van der Waals surface area (Å²) in [6.45, 7) is 3.30. The number of nitrogens with one attached hydrogen (secondary N) is 1. The average molecular weight is 380 g/mol. The second kappa shape index (κ2) is 8.88. The molecule has 0 bridgehead atoms. The Balaban J connectivity index is 1.98. The summed E-state index contributed by atoms with van der Waals surface area (Å²) in [7, 11) is 0. The van der Waals surface area contributed by atoms with Crippen molar-refractivity contribution in [3.63, 3.8) is 0 Å². The molecule has 0 heterocycles. The van der Waals surface area contributed by atoms with E-state index in [1.165, 1.54) is 0 Å². The van der Waals surface area contributed by atoms with E-state index < -0.39 is 24.4 Å². The van der Waals surface area contributed by atoms with E-state index in [-0.39, 0.29) is 0 Å². The molecule has 0 fully saturated rings. The summed E-state index contributed by atoms with van der Waals surface area (Å²) >= 11 is 12.2. The van der Waals surface area contributed by atoms with Crippen molar-refractivity contribution < 1.29 is 14.3 Å². The molecule has 132 valence electrons. The van der Waals surface area contributed by atoms with Crippen molar-refractivity contribution in [1.82, 2.24) is 0 Å². The quantitative estimate of drug-likeness (QED) is 0.720. The highest BCUT2D eigenvalue weighted by Gasteiger charge is 2.21. The molecule has 0 saturated carbocycles. The molecule has 0 unspecified atom stereocenters. The fourth-order valence-corrected chi connectivity index (χ4v) is 2.87. The van der Waals surface area contributed by atoms with Gasteiger partial charge < -0.3 is 10.1 Å². The summed E-state index contributed by atoms with van der Waals surface area (Å²) in [5.74, 6) is -1.34. The highest BCUT2D eigenvalue weighted by atomic mass is 35.5. The highest BCUT2D eigenvalue weighted by Crippen LogP contribution is 2.32. The number of amides is 1. The number of hydrogen-bond donors (Lipinski definition) is 1. The number of anilines is 1. The number of ether oxygens (including phenoxy) is 1. The predicted octanol–water partition coefficient (Wildman–Crippen LogP) is 4.98. The van der Waals surface area contributed by atoms with Gasteiger partial charge in [0.1, 0.15) is 0 Å². The van der Waals surface area contributed by atoms with E-state index in [0.717, 1.165) is 11.1 Å². The molecule has 2 aromatic rings. The van der Waals surface area contributed by atoms with Crippen LogP contribution in [-0.2, 0) is 14.3 Å². The summed E-state index contributed by atoms with van der Waals surface area (Å²) in [4.78, 5) is 24.3. The maximum Gasteiger partial charge on any atom is 0.313 e. The van der Waals surface area contributed by atoms with Gasteiger partial charge in [-0.05, 0) is 30.5 Å². The number of rotatable bonds is 6. The number of carbonyl (C=O) groups is 2. The molecule has 0 aliphatic rings. The number of benzene rings is 2. The fourth-order valence-electron chi connectivity index (χ4n) is 2.41. The van der Waals surface area contributed by atoms with Crippen molar-refractivity contribution in [2.45, 2.75) is 26.2 Å². The molecule has 2 aromatic carbocycles. The molecule has 6 heteroatoms. The van der Waals surface area contributed by atoms with Gasteiger partial charge in [0.2, 0.25) is 0 Å². The maximum atomic E-state index is 12.3. The van der Waals surface area contributed by atoms with Crippen LogP contribution in [0.1, 0.15) is 30.4 Å². The highest BCUT2D eigenvalue weighted by molar-refractivity contribution is 6.40. The molecule has 0 radical (unpaired) electrons. The first kappa shape index (κ1) is 19.3. The van der Waals surface area contributed by atoms with Crippen LogP contribution < -0.4 is 5.32 Å². The lowest BCUT2D eigenvalue weighted by molar-refractivity contribution is -0.149. The number of aryl methyl sites for hydroxylation is 1. The largest absolute Gasteiger partial charge is 0.455 e. The van der Waals surface area contributed by atoms with Crippen molar-refractivity contribution in [2.24, 2.45) is 0 Å². The minimum Gasteiger partial charge on any atom is -0.455 e. The summed E-state index contributed by atoms with van der Waals surface area (Å²) in [6.07, 6.45) is 0.583. The van der Waals surface area contributed by atoms with E-state index in [1.54, 1.807) is 19.1 Å². The van der Waals surface area contributed by atoms with Crippen LogP contribution in [0.25, 0.3) is 0 Å². The average Bonchev–Trinajstić information content (AvgIpc) is 2.62. The van der Waals surface area contributed by atoms with Crippen LogP contribution in [0.5, 0.6) is 0 Å². The molecule has 1 atom stereocenters. The monoisotopic (exact) mass is 379 g/mol. The molecule has 0 spiro atoms. The molecule has 0 aliphatic carbocycles. The van der Waals surface area contributed by atoms with Crippen molar-refractivity contribution >= 4 is 40.8 Å². The Hall–Kier alpha value is -2.04. The third-order valence-corrected chi connectivity index (χ3v) is 4.59. The van der Waals surface area contributed by atoms with Crippen LogP contribution in [-0.4, -0.2) is 18.5 Å². The van der Waals surface area contributed by atoms with Crippen LogP contribution in [0, 0.1) is 6.92 Å². The Morgan fingerprint density at radius 1 is 1.12 bits per heavy atom. The van der Waals surface area contributed by atoms with Crippen molar-refractivity contribution in [3.05, 3.63) is 63.6 Å². The summed E-state index contributed by atoms with van der Waals surface area (Å²) in [5, 5.41) is 3.28. The minimum absolute atomic E-state index is 0.319. The van der Waals surface area contributed by atoms with E-state index in [1.807, 2.05) is 37.3 Å². The minimum atomic E-state index is -0.495. The number of halogens is 2. The number of esters is 1. The van der Waals surface area contributed by atoms with Crippen molar-refractivity contribution in [2.75, 3.05) is 11.9 Å². The van der Waals surface area contributed by atoms with Gasteiger partial charge in [-0.15, -0.1) is 0 Å². The van der Waals surface area contributed by atoms with Crippen molar-refractivity contribution in [3.8, 4) is 0 Å². The van der Waals surface area contributed by atoms with E-state index in [9.17, 15) is 9.59 Å². The molecule has 2 rings (SSSR count). The molecule has 4 nitrogen and oxygen atoms in total. The Bertz CT molecular complexity index is 763. The SMILES string of the molecule is CC[C@H](C(=O)OCC(=O)Nc1c(Cl)ccc(C)c1Cl)c1ccccc1. The summed E-state index contributed by atoms with van der Waals surface area (Å²) in [5.41, 5.74) is 1.97. The van der Waals surface area contributed by atoms with Gasteiger partial charge in [-0.25, -0.2) is 0 Å². The molecule has 25 heavy (non-hydrogen) atoms. The lowest BCUT2D eigenvalue weighted by Crippen LogP contribution is -2.24. The Kier molecular flexibility index (Phi) is 6.85. The molecular formula is C19H19Cl2NO3. The third kappa shape index (κ3) is 4.97. The molecule has 0 aromatic heterocycles. The number of hydrogen-bond acceptors (Lipinski definition) is 3. The molecular weight excluding hydrogens is 361 g/mol. The second-order valence-corrected chi connectivity index (χ2v) is 6.37. The molecule has 0 saturated heterocycles. The van der Waals surface area contributed by atoms with Crippen LogP contribution in [0.3, 0.4) is 0 Å².